The lowest BCUT2D eigenvalue weighted by Crippen LogP contribution is -1.90. The molecule has 100 valence electrons. The van der Waals surface area contributed by atoms with Crippen LogP contribution in [-0.4, -0.2) is 16.1 Å². The van der Waals surface area contributed by atoms with Crippen molar-refractivity contribution in [3.05, 3.63) is 53.2 Å². The highest BCUT2D eigenvalue weighted by Crippen LogP contribution is 2.34. The van der Waals surface area contributed by atoms with Gasteiger partial charge < -0.3 is 9.84 Å². The van der Waals surface area contributed by atoms with Crippen molar-refractivity contribution in [2.24, 2.45) is 0 Å². The molecule has 0 aliphatic carbocycles. The van der Waals surface area contributed by atoms with Gasteiger partial charge in [0, 0.05) is 11.6 Å². The number of carboxylic acids is 1. The molecule has 2 aromatic heterocycles. The summed E-state index contributed by atoms with van der Waals surface area (Å²) in [7, 11) is 0. The Kier molecular flexibility index (Phi) is 3.12. The first-order chi connectivity index (χ1) is 9.63. The van der Waals surface area contributed by atoms with Crippen LogP contribution in [0.25, 0.3) is 10.1 Å². The summed E-state index contributed by atoms with van der Waals surface area (Å²) in [6, 6.07) is 9.28. The molecular weight excluding hydrogens is 274 g/mol. The highest BCUT2D eigenvalue weighted by molar-refractivity contribution is 7.20. The van der Waals surface area contributed by atoms with E-state index in [1.54, 1.807) is 18.5 Å². The Hall–Kier alpha value is -2.40. The normalized spacial score (nSPS) is 10.7. The number of hydrogen-bond donors (Lipinski definition) is 1. The minimum atomic E-state index is -0.938. The van der Waals surface area contributed by atoms with E-state index < -0.39 is 5.97 Å². The molecule has 0 unspecified atom stereocenters. The number of aryl methyl sites for hydroxylation is 1. The van der Waals surface area contributed by atoms with Gasteiger partial charge in [-0.05, 0) is 25.1 Å². The predicted molar refractivity (Wildman–Crippen MR) is 77.8 cm³/mol. The standard InChI is InChI=1S/C15H11NO3S/c1-9-2-4-10(5-3-9)19-12-7-16-8-14-11(12)6-13(20-14)15(17)18/h2-8H,1H3,(H,17,18). The van der Waals surface area contributed by atoms with Gasteiger partial charge in [-0.25, -0.2) is 4.79 Å². The molecular formula is C15H11NO3S. The number of carbonyl (C=O) groups is 1. The summed E-state index contributed by atoms with van der Waals surface area (Å²) in [5.74, 6) is 0.329. The first-order valence-electron chi connectivity index (χ1n) is 5.99. The van der Waals surface area contributed by atoms with Crippen molar-refractivity contribution in [2.45, 2.75) is 6.92 Å². The quantitative estimate of drug-likeness (QED) is 0.787. The van der Waals surface area contributed by atoms with Crippen LogP contribution in [0.4, 0.5) is 0 Å². The van der Waals surface area contributed by atoms with Crippen LogP contribution >= 0.6 is 11.3 Å². The molecule has 0 spiro atoms. The first-order valence-corrected chi connectivity index (χ1v) is 6.80. The zero-order chi connectivity index (χ0) is 14.1. The third-order valence-corrected chi connectivity index (χ3v) is 3.93. The summed E-state index contributed by atoms with van der Waals surface area (Å²) in [6.45, 7) is 2.00. The maximum absolute atomic E-state index is 11.0. The van der Waals surface area contributed by atoms with Crippen LogP contribution in [0.5, 0.6) is 11.5 Å². The average Bonchev–Trinajstić information content (AvgIpc) is 2.87. The van der Waals surface area contributed by atoms with Crippen molar-refractivity contribution >= 4 is 27.4 Å². The van der Waals surface area contributed by atoms with Crippen LogP contribution in [-0.2, 0) is 0 Å². The summed E-state index contributed by atoms with van der Waals surface area (Å²) in [4.78, 5) is 15.4. The van der Waals surface area contributed by atoms with Gasteiger partial charge in [-0.2, -0.15) is 0 Å². The number of fused-ring (bicyclic) bond motifs is 1. The Bertz CT molecular complexity index is 777. The van der Waals surface area contributed by atoms with Crippen LogP contribution in [0.2, 0.25) is 0 Å². The second-order valence-corrected chi connectivity index (χ2v) is 5.46. The van der Waals surface area contributed by atoms with E-state index in [0.717, 1.165) is 15.6 Å². The molecule has 0 fully saturated rings. The summed E-state index contributed by atoms with van der Waals surface area (Å²) < 4.78 is 6.59. The topological polar surface area (TPSA) is 59.4 Å². The predicted octanol–water partition coefficient (Wildman–Crippen LogP) is 4.10. The van der Waals surface area contributed by atoms with Crippen molar-refractivity contribution in [1.82, 2.24) is 4.98 Å². The number of benzene rings is 1. The maximum atomic E-state index is 11.0. The van der Waals surface area contributed by atoms with E-state index in [1.807, 2.05) is 31.2 Å². The molecule has 3 rings (SSSR count). The van der Waals surface area contributed by atoms with E-state index in [4.69, 9.17) is 9.84 Å². The molecule has 0 radical (unpaired) electrons. The number of pyridine rings is 1. The first kappa shape index (κ1) is 12.6. The Balaban J connectivity index is 2.02. The zero-order valence-corrected chi connectivity index (χ0v) is 11.5. The molecule has 4 nitrogen and oxygen atoms in total. The number of aromatic carboxylic acids is 1. The molecule has 0 saturated carbocycles. The van der Waals surface area contributed by atoms with Crippen LogP contribution in [0.1, 0.15) is 15.2 Å². The van der Waals surface area contributed by atoms with Crippen molar-refractivity contribution in [3.8, 4) is 11.5 Å². The molecule has 0 saturated heterocycles. The fourth-order valence-corrected chi connectivity index (χ4v) is 2.74. The SMILES string of the molecule is Cc1ccc(Oc2cncc3sc(C(=O)O)cc23)cc1. The number of hydrogen-bond acceptors (Lipinski definition) is 4. The van der Waals surface area contributed by atoms with Gasteiger partial charge in [-0.3, -0.25) is 4.98 Å². The largest absolute Gasteiger partial charge is 0.477 e. The van der Waals surface area contributed by atoms with Gasteiger partial charge in [-0.1, -0.05) is 17.7 Å². The molecule has 2 heterocycles. The van der Waals surface area contributed by atoms with E-state index in [2.05, 4.69) is 4.98 Å². The second kappa shape index (κ2) is 4.94. The van der Waals surface area contributed by atoms with Crippen LogP contribution in [0.15, 0.2) is 42.7 Å². The Morgan fingerprint density at radius 3 is 2.70 bits per heavy atom. The number of nitrogens with zero attached hydrogens (tertiary/aromatic N) is 1. The molecule has 0 atom stereocenters. The van der Waals surface area contributed by atoms with Crippen molar-refractivity contribution in [3.63, 3.8) is 0 Å². The minimum absolute atomic E-state index is 0.279. The zero-order valence-electron chi connectivity index (χ0n) is 10.7. The molecule has 0 bridgehead atoms. The molecule has 3 aromatic rings. The number of aromatic nitrogens is 1. The Morgan fingerprint density at radius 1 is 1.25 bits per heavy atom. The highest BCUT2D eigenvalue weighted by Gasteiger charge is 2.12. The number of carboxylic acid groups (broad SMARTS) is 1. The van der Waals surface area contributed by atoms with Crippen LogP contribution < -0.4 is 4.74 Å². The minimum Gasteiger partial charge on any atom is -0.477 e. The van der Waals surface area contributed by atoms with Gasteiger partial charge in [-0.15, -0.1) is 11.3 Å². The molecule has 5 heteroatoms. The lowest BCUT2D eigenvalue weighted by atomic mass is 10.2. The fraction of sp³-hybridized carbons (Fsp3) is 0.0667. The third kappa shape index (κ3) is 2.35. The molecule has 0 amide bonds. The summed E-state index contributed by atoms with van der Waals surface area (Å²) in [5.41, 5.74) is 1.15. The molecule has 1 aromatic carbocycles. The van der Waals surface area contributed by atoms with Crippen LogP contribution in [0, 0.1) is 6.92 Å². The lowest BCUT2D eigenvalue weighted by Gasteiger charge is -2.06. The highest BCUT2D eigenvalue weighted by atomic mass is 32.1. The van der Waals surface area contributed by atoms with E-state index >= 15 is 0 Å². The Labute approximate surface area is 119 Å². The molecule has 20 heavy (non-hydrogen) atoms. The average molecular weight is 285 g/mol. The summed E-state index contributed by atoms with van der Waals surface area (Å²) in [5, 5.41) is 9.81. The number of thiophene rings is 1. The van der Waals surface area contributed by atoms with Gasteiger partial charge in [0.15, 0.2) is 5.75 Å². The maximum Gasteiger partial charge on any atom is 0.345 e. The second-order valence-electron chi connectivity index (χ2n) is 4.38. The smallest absolute Gasteiger partial charge is 0.345 e. The van der Waals surface area contributed by atoms with E-state index in [9.17, 15) is 4.79 Å². The van der Waals surface area contributed by atoms with E-state index in [1.165, 1.54) is 11.3 Å². The number of rotatable bonds is 3. The molecule has 0 aliphatic heterocycles. The van der Waals surface area contributed by atoms with Crippen molar-refractivity contribution in [1.29, 1.82) is 0 Å². The van der Waals surface area contributed by atoms with Crippen molar-refractivity contribution in [2.75, 3.05) is 0 Å². The van der Waals surface area contributed by atoms with Crippen LogP contribution in [0.3, 0.4) is 0 Å². The van der Waals surface area contributed by atoms with Gasteiger partial charge in [0.1, 0.15) is 10.6 Å². The monoisotopic (exact) mass is 285 g/mol. The van der Waals surface area contributed by atoms with Gasteiger partial charge in [0.2, 0.25) is 0 Å². The summed E-state index contributed by atoms with van der Waals surface area (Å²) >= 11 is 1.19. The van der Waals surface area contributed by atoms with E-state index in [-0.39, 0.29) is 4.88 Å². The number of ether oxygens (including phenoxy) is 1. The fourth-order valence-electron chi connectivity index (χ4n) is 1.86. The van der Waals surface area contributed by atoms with E-state index in [0.29, 0.717) is 11.5 Å². The lowest BCUT2D eigenvalue weighted by molar-refractivity contribution is 0.0702. The molecule has 1 N–H and O–H groups in total. The third-order valence-electron chi connectivity index (χ3n) is 2.87. The molecule has 0 aliphatic rings. The van der Waals surface area contributed by atoms with Gasteiger partial charge >= 0.3 is 5.97 Å². The summed E-state index contributed by atoms with van der Waals surface area (Å²) in [6.07, 6.45) is 3.25. The van der Waals surface area contributed by atoms with Gasteiger partial charge in [0.05, 0.1) is 10.9 Å². The van der Waals surface area contributed by atoms with Crippen molar-refractivity contribution < 1.29 is 14.6 Å². The Morgan fingerprint density at radius 2 is 2.00 bits per heavy atom. The van der Waals surface area contributed by atoms with Gasteiger partial charge in [0.25, 0.3) is 0 Å².